The van der Waals surface area contributed by atoms with Crippen LogP contribution in [0.1, 0.15) is 30.6 Å². The Balaban J connectivity index is 1.95. The number of para-hydroxylation sites is 1. The number of hydrogen-bond acceptors (Lipinski definition) is 4. The zero-order valence-electron chi connectivity index (χ0n) is 14.8. The molecule has 3 rings (SSSR count). The maximum absolute atomic E-state index is 12.2. The number of phenols is 1. The summed E-state index contributed by atoms with van der Waals surface area (Å²) in [7, 11) is 0. The van der Waals surface area contributed by atoms with E-state index < -0.39 is 5.91 Å². The maximum Gasteiger partial charge on any atom is 0.295 e. The molecule has 1 amide bonds. The fourth-order valence-corrected chi connectivity index (χ4v) is 2.74. The molecule has 0 bridgehead atoms. The summed E-state index contributed by atoms with van der Waals surface area (Å²) in [4.78, 5) is 12.2. The first-order chi connectivity index (χ1) is 12.5. The lowest BCUT2D eigenvalue weighted by Gasteiger charge is -2.08. The first-order valence-electron chi connectivity index (χ1n) is 8.52. The Hall–Kier alpha value is -3.15. The third kappa shape index (κ3) is 3.59. The fourth-order valence-electron chi connectivity index (χ4n) is 2.74. The molecule has 0 unspecified atom stereocenters. The second-order valence-electron chi connectivity index (χ2n) is 6.58. The van der Waals surface area contributed by atoms with Crippen molar-refractivity contribution < 1.29 is 15.0 Å². The third-order valence-electron chi connectivity index (χ3n) is 4.20. The normalized spacial score (nSPS) is 11.7. The Morgan fingerprint density at radius 3 is 2.46 bits per heavy atom. The zero-order chi connectivity index (χ0) is 18.7. The summed E-state index contributed by atoms with van der Waals surface area (Å²) in [5.74, 6) is 0.0404. The molecule has 134 valence electrons. The van der Waals surface area contributed by atoms with Gasteiger partial charge in [-0.2, -0.15) is 0 Å². The summed E-state index contributed by atoms with van der Waals surface area (Å²) in [6.45, 7) is 4.91. The number of amides is 1. The van der Waals surface area contributed by atoms with E-state index in [0.29, 0.717) is 18.0 Å². The number of nitrogens with zero attached hydrogens (tertiary/aromatic N) is 3. The van der Waals surface area contributed by atoms with E-state index in [0.717, 1.165) is 17.3 Å². The molecule has 1 heterocycles. The Morgan fingerprint density at radius 2 is 1.77 bits per heavy atom. The van der Waals surface area contributed by atoms with Crippen LogP contribution in [0.5, 0.6) is 11.6 Å². The number of fused-ring (bicyclic) bond motifs is 1. The molecule has 0 aliphatic rings. The van der Waals surface area contributed by atoms with Gasteiger partial charge in [0, 0.05) is 17.5 Å². The highest BCUT2D eigenvalue weighted by Gasteiger charge is 2.17. The number of phenolic OH excluding ortho intramolecular Hbond substituents is 1. The van der Waals surface area contributed by atoms with Crippen LogP contribution in [-0.2, 0) is 6.54 Å². The number of carbonyl (C=O) groups is 1. The average molecular weight is 351 g/mol. The van der Waals surface area contributed by atoms with Crippen LogP contribution in [0.15, 0.2) is 58.8 Å². The molecule has 3 aromatic rings. The molecule has 0 saturated heterocycles. The molecule has 6 nitrogen and oxygen atoms in total. The van der Waals surface area contributed by atoms with Crippen molar-refractivity contribution in [3.8, 4) is 11.6 Å². The van der Waals surface area contributed by atoms with Gasteiger partial charge in [-0.05, 0) is 42.7 Å². The van der Waals surface area contributed by atoms with Crippen LogP contribution < -0.4 is 0 Å². The van der Waals surface area contributed by atoms with E-state index in [-0.39, 0.29) is 17.3 Å². The van der Waals surface area contributed by atoms with Gasteiger partial charge in [-0.3, -0.25) is 4.79 Å². The van der Waals surface area contributed by atoms with Crippen molar-refractivity contribution in [1.29, 1.82) is 0 Å². The van der Waals surface area contributed by atoms with E-state index in [1.165, 1.54) is 24.3 Å². The largest absolute Gasteiger partial charge is 0.508 e. The molecule has 0 radical (unpaired) electrons. The summed E-state index contributed by atoms with van der Waals surface area (Å²) >= 11 is 0. The minimum Gasteiger partial charge on any atom is -0.508 e. The minimum atomic E-state index is -0.539. The fraction of sp³-hybridized carbons (Fsp3) is 0.250. The molecule has 0 saturated carbocycles. The van der Waals surface area contributed by atoms with Gasteiger partial charge in [0.1, 0.15) is 5.75 Å². The van der Waals surface area contributed by atoms with Crippen LogP contribution >= 0.6 is 0 Å². The second-order valence-corrected chi connectivity index (χ2v) is 6.58. The van der Waals surface area contributed by atoms with Crippen molar-refractivity contribution in [3.63, 3.8) is 0 Å². The van der Waals surface area contributed by atoms with Gasteiger partial charge in [-0.15, -0.1) is 10.2 Å². The monoisotopic (exact) mass is 351 g/mol. The van der Waals surface area contributed by atoms with Crippen LogP contribution in [0.3, 0.4) is 0 Å². The highest BCUT2D eigenvalue weighted by molar-refractivity contribution is 5.97. The van der Waals surface area contributed by atoms with Gasteiger partial charge in [0.25, 0.3) is 5.91 Å². The number of aromatic nitrogens is 1. The van der Waals surface area contributed by atoms with Crippen molar-refractivity contribution in [2.24, 2.45) is 16.1 Å². The Labute approximate surface area is 151 Å². The van der Waals surface area contributed by atoms with Crippen LogP contribution in [0.4, 0.5) is 5.69 Å². The Morgan fingerprint density at radius 1 is 1.08 bits per heavy atom. The number of carbonyl (C=O) groups excluding carboxylic acids is 1. The molecule has 0 aliphatic carbocycles. The smallest absolute Gasteiger partial charge is 0.295 e. The van der Waals surface area contributed by atoms with E-state index in [4.69, 9.17) is 0 Å². The summed E-state index contributed by atoms with van der Waals surface area (Å²) in [5.41, 5.74) is 1.46. The number of azo groups is 1. The van der Waals surface area contributed by atoms with E-state index in [9.17, 15) is 15.0 Å². The van der Waals surface area contributed by atoms with Gasteiger partial charge < -0.3 is 14.8 Å². The van der Waals surface area contributed by atoms with E-state index in [1.807, 2.05) is 24.3 Å². The molecule has 26 heavy (non-hydrogen) atoms. The molecule has 0 aliphatic heterocycles. The summed E-state index contributed by atoms with van der Waals surface area (Å²) in [5, 5.41) is 28.4. The van der Waals surface area contributed by atoms with Crippen molar-refractivity contribution in [3.05, 3.63) is 54.1 Å². The predicted octanol–water partition coefficient (Wildman–Crippen LogP) is 5.02. The van der Waals surface area contributed by atoms with Crippen molar-refractivity contribution >= 4 is 22.5 Å². The summed E-state index contributed by atoms with van der Waals surface area (Å²) in [6, 6.07) is 13.3. The summed E-state index contributed by atoms with van der Waals surface area (Å²) in [6.07, 6.45) is 0.912. The second kappa shape index (κ2) is 7.39. The van der Waals surface area contributed by atoms with Gasteiger partial charge in [-0.25, -0.2) is 0 Å². The van der Waals surface area contributed by atoms with E-state index in [2.05, 4.69) is 24.1 Å². The van der Waals surface area contributed by atoms with Crippen molar-refractivity contribution in [1.82, 2.24) is 4.57 Å². The molecule has 0 spiro atoms. The molecule has 0 atom stereocenters. The number of benzene rings is 2. The highest BCUT2D eigenvalue weighted by Crippen LogP contribution is 2.39. The first kappa shape index (κ1) is 17.7. The summed E-state index contributed by atoms with van der Waals surface area (Å²) < 4.78 is 1.80. The van der Waals surface area contributed by atoms with Gasteiger partial charge in [0.15, 0.2) is 5.69 Å². The Bertz CT molecular complexity index is 956. The Kier molecular flexibility index (Phi) is 5.02. The number of rotatable bonds is 5. The minimum absolute atomic E-state index is 0.00843. The van der Waals surface area contributed by atoms with Gasteiger partial charge in [-0.1, -0.05) is 32.0 Å². The van der Waals surface area contributed by atoms with Gasteiger partial charge in [0.2, 0.25) is 5.88 Å². The lowest BCUT2D eigenvalue weighted by atomic mass is 10.1. The quantitative estimate of drug-likeness (QED) is 0.633. The molecule has 0 fully saturated rings. The SMILES string of the molecule is CC(C)CCn1c(O)c(N=NC(=O)c2ccc(O)cc2)c2ccccc21. The van der Waals surface area contributed by atoms with E-state index in [1.54, 1.807) is 4.57 Å². The highest BCUT2D eigenvalue weighted by atomic mass is 16.3. The van der Waals surface area contributed by atoms with Crippen LogP contribution in [0.25, 0.3) is 10.9 Å². The van der Waals surface area contributed by atoms with Crippen molar-refractivity contribution in [2.75, 3.05) is 0 Å². The zero-order valence-corrected chi connectivity index (χ0v) is 14.8. The molecule has 2 N–H and O–H groups in total. The third-order valence-corrected chi connectivity index (χ3v) is 4.20. The number of aryl methyl sites for hydroxylation is 1. The number of aromatic hydroxyl groups is 2. The molecule has 2 aromatic carbocycles. The maximum atomic E-state index is 12.2. The van der Waals surface area contributed by atoms with Crippen LogP contribution in [0.2, 0.25) is 0 Å². The predicted molar refractivity (Wildman–Crippen MR) is 100 cm³/mol. The number of hydrogen-bond donors (Lipinski definition) is 2. The lowest BCUT2D eigenvalue weighted by molar-refractivity contribution is 0.0995. The van der Waals surface area contributed by atoms with E-state index >= 15 is 0 Å². The molecular weight excluding hydrogens is 330 g/mol. The molecular formula is C20H21N3O3. The average Bonchev–Trinajstić information content (AvgIpc) is 2.89. The molecule has 1 aromatic heterocycles. The topological polar surface area (TPSA) is 87.2 Å². The standard InChI is InChI=1S/C20H21N3O3/c1-13(2)11-12-23-17-6-4-3-5-16(17)18(20(23)26)21-22-19(25)14-7-9-15(24)10-8-14/h3-10,13,24,26H,11-12H2,1-2H3. The van der Waals surface area contributed by atoms with Gasteiger partial charge >= 0.3 is 0 Å². The lowest BCUT2D eigenvalue weighted by Crippen LogP contribution is -2.00. The first-order valence-corrected chi connectivity index (χ1v) is 8.52. The van der Waals surface area contributed by atoms with Crippen LogP contribution in [0, 0.1) is 5.92 Å². The molecule has 6 heteroatoms. The van der Waals surface area contributed by atoms with Crippen LogP contribution in [-0.4, -0.2) is 20.7 Å². The van der Waals surface area contributed by atoms with Gasteiger partial charge in [0.05, 0.1) is 5.52 Å². The van der Waals surface area contributed by atoms with Crippen molar-refractivity contribution in [2.45, 2.75) is 26.8 Å².